The van der Waals surface area contributed by atoms with Crippen LogP contribution in [-0.2, 0) is 17.7 Å². The van der Waals surface area contributed by atoms with Gasteiger partial charge in [0.2, 0.25) is 0 Å². The van der Waals surface area contributed by atoms with Gasteiger partial charge in [0.15, 0.2) is 0 Å². The summed E-state index contributed by atoms with van der Waals surface area (Å²) in [6.07, 6.45) is 1.70. The summed E-state index contributed by atoms with van der Waals surface area (Å²) in [5.41, 5.74) is 4.24. The maximum atomic E-state index is 12.7. The van der Waals surface area contributed by atoms with Crippen molar-refractivity contribution in [3.05, 3.63) is 64.7 Å². The summed E-state index contributed by atoms with van der Waals surface area (Å²) in [5.74, 6) is 1.96. The average Bonchev–Trinajstić information content (AvgIpc) is 2.75. The normalized spacial score (nSPS) is 15.6. The van der Waals surface area contributed by atoms with Crippen LogP contribution in [0.5, 0.6) is 5.75 Å². The average molecular weight is 453 g/mol. The Labute approximate surface area is 199 Å². The highest BCUT2D eigenvalue weighted by atomic mass is 16.5. The first-order valence-electron chi connectivity index (χ1n) is 12.3. The van der Waals surface area contributed by atoms with E-state index in [0.29, 0.717) is 43.8 Å². The lowest BCUT2D eigenvalue weighted by atomic mass is 9.99. The first kappa shape index (κ1) is 25.3. The predicted octanol–water partition coefficient (Wildman–Crippen LogP) is 4.92. The van der Waals surface area contributed by atoms with Gasteiger partial charge in [-0.1, -0.05) is 52.0 Å². The molecule has 1 aliphatic rings. The Hall–Kier alpha value is -2.37. The zero-order valence-corrected chi connectivity index (χ0v) is 20.7. The van der Waals surface area contributed by atoms with E-state index in [2.05, 4.69) is 62.2 Å². The number of nitrogens with one attached hydrogen (secondary N) is 1. The van der Waals surface area contributed by atoms with Crippen LogP contribution in [0.3, 0.4) is 0 Å². The highest BCUT2D eigenvalue weighted by Crippen LogP contribution is 2.25. The highest BCUT2D eigenvalue weighted by Gasteiger charge is 2.14. The van der Waals surface area contributed by atoms with Crippen molar-refractivity contribution < 1.29 is 14.3 Å². The largest absolute Gasteiger partial charge is 0.491 e. The van der Waals surface area contributed by atoms with E-state index in [-0.39, 0.29) is 5.91 Å². The van der Waals surface area contributed by atoms with E-state index in [4.69, 9.17) is 9.47 Å². The molecule has 0 radical (unpaired) electrons. The molecule has 5 heteroatoms. The number of hydrogen-bond donors (Lipinski definition) is 1. The maximum Gasteiger partial charge on any atom is 0.251 e. The van der Waals surface area contributed by atoms with E-state index in [0.717, 1.165) is 43.8 Å². The van der Waals surface area contributed by atoms with Crippen LogP contribution in [0, 0.1) is 11.8 Å². The number of nitrogens with zero attached hydrogens (tertiary/aromatic N) is 1. The molecule has 0 fully saturated rings. The molecule has 2 aromatic rings. The van der Waals surface area contributed by atoms with Gasteiger partial charge in [-0.3, -0.25) is 9.69 Å². The molecule has 0 aromatic heterocycles. The molecule has 2 bridgehead atoms. The van der Waals surface area contributed by atoms with Crippen LogP contribution < -0.4 is 10.1 Å². The molecule has 5 nitrogen and oxygen atoms in total. The third-order valence-electron chi connectivity index (χ3n) is 5.78. The molecular weight excluding hydrogens is 412 g/mol. The molecule has 1 heterocycles. The smallest absolute Gasteiger partial charge is 0.251 e. The zero-order chi connectivity index (χ0) is 23.6. The molecule has 0 spiro atoms. The van der Waals surface area contributed by atoms with Gasteiger partial charge in [-0.05, 0) is 53.1 Å². The van der Waals surface area contributed by atoms with Crippen molar-refractivity contribution in [3.8, 4) is 5.75 Å². The predicted molar refractivity (Wildman–Crippen MR) is 134 cm³/mol. The Kier molecular flexibility index (Phi) is 9.76. The van der Waals surface area contributed by atoms with Crippen molar-refractivity contribution in [3.63, 3.8) is 0 Å². The molecule has 0 saturated carbocycles. The van der Waals surface area contributed by atoms with Crippen molar-refractivity contribution in [2.24, 2.45) is 11.8 Å². The van der Waals surface area contributed by atoms with E-state index in [1.165, 1.54) is 11.1 Å². The van der Waals surface area contributed by atoms with Crippen LogP contribution >= 0.6 is 0 Å². The second-order valence-electron chi connectivity index (χ2n) is 9.85. The second-order valence-corrected chi connectivity index (χ2v) is 9.85. The number of benzene rings is 2. The third kappa shape index (κ3) is 8.49. The molecule has 0 atom stereocenters. The fraction of sp³-hybridized carbons (Fsp3) is 0.536. The van der Waals surface area contributed by atoms with Crippen LogP contribution in [0.2, 0.25) is 0 Å². The fourth-order valence-electron chi connectivity index (χ4n) is 4.15. The Morgan fingerprint density at radius 2 is 1.82 bits per heavy atom. The quantitative estimate of drug-likeness (QED) is 0.676. The Balaban J connectivity index is 1.82. The van der Waals surface area contributed by atoms with Gasteiger partial charge >= 0.3 is 0 Å². The van der Waals surface area contributed by atoms with Crippen LogP contribution in [0.25, 0.3) is 0 Å². The first-order valence-corrected chi connectivity index (χ1v) is 12.3. The van der Waals surface area contributed by atoms with Gasteiger partial charge in [0.1, 0.15) is 12.4 Å². The summed E-state index contributed by atoms with van der Waals surface area (Å²) < 4.78 is 11.9. The topological polar surface area (TPSA) is 50.8 Å². The molecule has 1 N–H and O–H groups in total. The summed E-state index contributed by atoms with van der Waals surface area (Å²) in [6, 6.07) is 14.5. The molecule has 33 heavy (non-hydrogen) atoms. The molecule has 1 amide bonds. The van der Waals surface area contributed by atoms with Gasteiger partial charge < -0.3 is 14.8 Å². The molecule has 1 aliphatic heterocycles. The van der Waals surface area contributed by atoms with E-state index in [9.17, 15) is 4.79 Å². The minimum absolute atomic E-state index is 0.0285. The van der Waals surface area contributed by atoms with Crippen molar-refractivity contribution in [1.29, 1.82) is 0 Å². The monoisotopic (exact) mass is 452 g/mol. The van der Waals surface area contributed by atoms with E-state index >= 15 is 0 Å². The second kappa shape index (κ2) is 12.8. The van der Waals surface area contributed by atoms with Crippen LogP contribution in [-0.4, -0.2) is 50.3 Å². The van der Waals surface area contributed by atoms with Gasteiger partial charge in [-0.15, -0.1) is 0 Å². The van der Waals surface area contributed by atoms with Gasteiger partial charge in [0, 0.05) is 38.2 Å². The lowest BCUT2D eigenvalue weighted by molar-refractivity contribution is 0.0746. The number of fused-ring (bicyclic) bond motifs is 3. The minimum atomic E-state index is -0.0285. The van der Waals surface area contributed by atoms with E-state index < -0.39 is 0 Å². The van der Waals surface area contributed by atoms with Gasteiger partial charge in [0.25, 0.3) is 5.91 Å². The van der Waals surface area contributed by atoms with Crippen molar-refractivity contribution in [2.75, 3.05) is 39.5 Å². The zero-order valence-electron chi connectivity index (χ0n) is 20.7. The minimum Gasteiger partial charge on any atom is -0.491 e. The molecule has 2 aromatic carbocycles. The summed E-state index contributed by atoms with van der Waals surface area (Å²) in [5, 5.41) is 3.04. The summed E-state index contributed by atoms with van der Waals surface area (Å²) in [7, 11) is 0. The number of amides is 1. The van der Waals surface area contributed by atoms with Crippen molar-refractivity contribution in [2.45, 2.75) is 47.1 Å². The number of ether oxygens (including phenoxy) is 2. The molecule has 0 unspecified atom stereocenters. The first-order chi connectivity index (χ1) is 15.9. The fourth-order valence-corrected chi connectivity index (χ4v) is 4.15. The van der Waals surface area contributed by atoms with Crippen LogP contribution in [0.15, 0.2) is 42.5 Å². The third-order valence-corrected chi connectivity index (χ3v) is 5.78. The van der Waals surface area contributed by atoms with Crippen molar-refractivity contribution >= 4 is 5.91 Å². The molecule has 180 valence electrons. The van der Waals surface area contributed by atoms with Gasteiger partial charge in [-0.25, -0.2) is 0 Å². The van der Waals surface area contributed by atoms with Gasteiger partial charge in [-0.2, -0.15) is 0 Å². The number of carbonyl (C=O) groups excluding carboxylic acids is 1. The lowest BCUT2D eigenvalue weighted by Crippen LogP contribution is -2.31. The highest BCUT2D eigenvalue weighted by molar-refractivity contribution is 5.94. The Morgan fingerprint density at radius 1 is 1.00 bits per heavy atom. The van der Waals surface area contributed by atoms with E-state index in [1.807, 2.05) is 18.2 Å². The van der Waals surface area contributed by atoms with Crippen molar-refractivity contribution in [1.82, 2.24) is 10.2 Å². The molecule has 0 saturated heterocycles. The molecular formula is C28H40N2O3. The Bertz CT molecular complexity index is 894. The van der Waals surface area contributed by atoms with E-state index in [1.54, 1.807) is 0 Å². The SMILES string of the molecule is CC(C)CCNC(=O)c1ccc2c(c1)Cc1cccc(c1)CN(CC(C)C)CCOCCO2. The molecule has 3 rings (SSSR count). The number of rotatable bonds is 6. The number of hydrogen-bond acceptors (Lipinski definition) is 4. The standard InChI is InChI=1S/C28H40N2O3/c1-21(2)10-11-29-28(31)25-8-9-27-26(18-25)17-23-6-5-7-24(16-23)20-30(19-22(3)4)12-13-32-14-15-33-27/h5-9,16,18,21-22H,10-15,17,19-20H2,1-4H3,(H,29,31). The molecule has 0 aliphatic carbocycles. The van der Waals surface area contributed by atoms with Crippen LogP contribution in [0.1, 0.15) is 61.2 Å². The Morgan fingerprint density at radius 3 is 2.61 bits per heavy atom. The summed E-state index contributed by atoms with van der Waals surface area (Å²) in [4.78, 5) is 15.2. The summed E-state index contributed by atoms with van der Waals surface area (Å²) in [6.45, 7) is 14.1. The van der Waals surface area contributed by atoms with Crippen LogP contribution in [0.4, 0.5) is 0 Å². The maximum absolute atomic E-state index is 12.7. The lowest BCUT2D eigenvalue weighted by Gasteiger charge is -2.25. The number of carbonyl (C=O) groups is 1. The van der Waals surface area contributed by atoms with Gasteiger partial charge in [0.05, 0.1) is 13.2 Å². The summed E-state index contributed by atoms with van der Waals surface area (Å²) >= 11 is 0.